The van der Waals surface area contributed by atoms with Gasteiger partial charge in [-0.05, 0) is 48.5 Å². The van der Waals surface area contributed by atoms with Crippen LogP contribution in [0.3, 0.4) is 0 Å². The molecule has 4 rings (SSSR count). The molecule has 0 aliphatic carbocycles. The Labute approximate surface area is 220 Å². The zero-order valence-electron chi connectivity index (χ0n) is 18.2. The third-order valence-electron chi connectivity index (χ3n) is 4.82. The molecule has 4 aromatic carbocycles. The zero-order chi connectivity index (χ0) is 25.7. The molecule has 0 bridgehead atoms. The van der Waals surface area contributed by atoms with Gasteiger partial charge in [-0.3, -0.25) is 0 Å². The molecular weight excluding hydrogens is 527 g/mol. The highest BCUT2D eigenvalue weighted by molar-refractivity contribution is 6.34. The van der Waals surface area contributed by atoms with Crippen LogP contribution in [0.15, 0.2) is 91.0 Å². The average Bonchev–Trinajstić information content (AvgIpc) is 2.86. The smallest absolute Gasteiger partial charge is 0.345 e. The van der Waals surface area contributed by atoms with Crippen molar-refractivity contribution in [1.82, 2.24) is 0 Å². The number of rotatable bonds is 6. The minimum absolute atomic E-state index is 0.0507. The Morgan fingerprint density at radius 1 is 0.444 bits per heavy atom. The molecule has 0 saturated carbocycles. The molecule has 0 aromatic heterocycles. The molecule has 0 unspecified atom stereocenters. The van der Waals surface area contributed by atoms with Crippen molar-refractivity contribution in [3.63, 3.8) is 0 Å². The van der Waals surface area contributed by atoms with E-state index in [1.54, 1.807) is 36.4 Å². The first-order chi connectivity index (χ1) is 17.3. The number of para-hydroxylation sites is 1. The second kappa shape index (κ2) is 11.3. The quantitative estimate of drug-likeness (QED) is 0.188. The normalized spacial score (nSPS) is 10.4. The molecule has 0 saturated heterocycles. The third kappa shape index (κ3) is 5.69. The Bertz CT molecular complexity index is 1390. The minimum Gasteiger partial charge on any atom is -0.419 e. The van der Waals surface area contributed by atoms with E-state index in [1.165, 1.54) is 54.6 Å². The summed E-state index contributed by atoms with van der Waals surface area (Å²) in [5, 5.41) is 0.472. The predicted octanol–water partition coefficient (Wildman–Crippen LogP) is 7.30. The number of halogens is 3. The van der Waals surface area contributed by atoms with Crippen LogP contribution in [0, 0.1) is 0 Å². The molecule has 0 atom stereocenters. The summed E-state index contributed by atoms with van der Waals surface area (Å²) >= 11 is 18.3. The molecule has 0 aliphatic heterocycles. The summed E-state index contributed by atoms with van der Waals surface area (Å²) in [5.41, 5.74) is 0.219. The monoisotopic (exact) mass is 540 g/mol. The number of carbonyl (C=O) groups excluding carboxylic acids is 3. The van der Waals surface area contributed by atoms with Gasteiger partial charge in [0.15, 0.2) is 11.5 Å². The highest BCUT2D eigenvalue weighted by atomic mass is 35.5. The van der Waals surface area contributed by atoms with Crippen LogP contribution in [-0.2, 0) is 0 Å². The summed E-state index contributed by atoms with van der Waals surface area (Å²) in [6.45, 7) is 0. The number of hydrogen-bond acceptors (Lipinski definition) is 6. The van der Waals surface area contributed by atoms with E-state index in [9.17, 15) is 14.4 Å². The van der Waals surface area contributed by atoms with Gasteiger partial charge < -0.3 is 14.2 Å². The fourth-order valence-electron chi connectivity index (χ4n) is 3.09. The lowest BCUT2D eigenvalue weighted by molar-refractivity contribution is 0.0657. The minimum atomic E-state index is -0.864. The number of esters is 3. The molecule has 9 heteroatoms. The molecule has 0 N–H and O–H groups in total. The fourth-order valence-corrected chi connectivity index (χ4v) is 3.73. The van der Waals surface area contributed by atoms with E-state index >= 15 is 0 Å². The lowest BCUT2D eigenvalue weighted by atomic mass is 10.2. The number of carbonyl (C=O) groups is 3. The molecule has 0 heterocycles. The zero-order valence-corrected chi connectivity index (χ0v) is 20.5. The van der Waals surface area contributed by atoms with Crippen LogP contribution in [0.2, 0.25) is 15.1 Å². The Morgan fingerprint density at radius 2 is 0.778 bits per heavy atom. The van der Waals surface area contributed by atoms with Crippen LogP contribution in [0.4, 0.5) is 0 Å². The average molecular weight is 542 g/mol. The van der Waals surface area contributed by atoms with Crippen molar-refractivity contribution in [3.8, 4) is 17.2 Å². The van der Waals surface area contributed by atoms with E-state index in [0.29, 0.717) is 0 Å². The lowest BCUT2D eigenvalue weighted by Crippen LogP contribution is -2.15. The largest absolute Gasteiger partial charge is 0.419 e. The lowest BCUT2D eigenvalue weighted by Gasteiger charge is -2.15. The van der Waals surface area contributed by atoms with Crippen LogP contribution in [0.1, 0.15) is 31.1 Å². The van der Waals surface area contributed by atoms with Crippen molar-refractivity contribution in [2.24, 2.45) is 0 Å². The van der Waals surface area contributed by atoms with E-state index in [2.05, 4.69) is 0 Å². The molecule has 0 amide bonds. The van der Waals surface area contributed by atoms with Crippen LogP contribution in [-0.4, -0.2) is 17.9 Å². The van der Waals surface area contributed by atoms with Crippen LogP contribution >= 0.6 is 34.8 Å². The van der Waals surface area contributed by atoms with Gasteiger partial charge in [0.05, 0.1) is 31.8 Å². The van der Waals surface area contributed by atoms with Crippen molar-refractivity contribution in [2.75, 3.05) is 0 Å². The van der Waals surface area contributed by atoms with Gasteiger partial charge in [0.2, 0.25) is 5.75 Å². The molecule has 180 valence electrons. The van der Waals surface area contributed by atoms with E-state index in [0.717, 1.165) is 0 Å². The summed E-state index contributed by atoms with van der Waals surface area (Å²) in [6.07, 6.45) is 0. The summed E-state index contributed by atoms with van der Waals surface area (Å²) in [4.78, 5) is 38.5. The predicted molar refractivity (Wildman–Crippen MR) is 136 cm³/mol. The van der Waals surface area contributed by atoms with Gasteiger partial charge >= 0.3 is 17.9 Å². The highest BCUT2D eigenvalue weighted by Gasteiger charge is 2.24. The molecule has 0 aliphatic rings. The van der Waals surface area contributed by atoms with Gasteiger partial charge in [-0.2, -0.15) is 0 Å². The van der Waals surface area contributed by atoms with Crippen molar-refractivity contribution in [1.29, 1.82) is 0 Å². The Morgan fingerprint density at radius 3 is 1.14 bits per heavy atom. The van der Waals surface area contributed by atoms with Crippen LogP contribution in [0.25, 0.3) is 0 Å². The maximum atomic E-state index is 12.9. The Balaban J connectivity index is 1.72. The molecule has 4 aromatic rings. The van der Waals surface area contributed by atoms with E-state index in [1.807, 2.05) is 0 Å². The number of hydrogen-bond donors (Lipinski definition) is 0. The maximum Gasteiger partial charge on any atom is 0.345 e. The standard InChI is InChI=1S/C27H15Cl3O6/c28-19-11-4-1-8-16(19)25(31)34-22-14-7-15-23(35-26(32)17-9-2-5-12-20(17)29)24(22)36-27(33)18-10-3-6-13-21(18)30/h1-15H. The van der Waals surface area contributed by atoms with Crippen molar-refractivity contribution in [3.05, 3.63) is 123 Å². The van der Waals surface area contributed by atoms with Crippen LogP contribution < -0.4 is 14.2 Å². The summed E-state index contributed by atoms with van der Waals surface area (Å²) in [7, 11) is 0. The molecule has 0 fully saturated rings. The SMILES string of the molecule is O=C(Oc1cccc(OC(=O)c2ccccc2Cl)c1OC(=O)c1ccccc1Cl)c1ccccc1Cl. The number of ether oxygens (including phenoxy) is 3. The van der Waals surface area contributed by atoms with Gasteiger partial charge in [0.1, 0.15) is 0 Å². The Hall–Kier alpha value is -3.84. The molecule has 6 nitrogen and oxygen atoms in total. The van der Waals surface area contributed by atoms with Gasteiger partial charge in [-0.25, -0.2) is 14.4 Å². The molecule has 36 heavy (non-hydrogen) atoms. The highest BCUT2D eigenvalue weighted by Crippen LogP contribution is 2.39. The third-order valence-corrected chi connectivity index (χ3v) is 5.81. The second-order valence-corrected chi connectivity index (χ2v) is 8.41. The first-order valence-corrected chi connectivity index (χ1v) is 11.5. The van der Waals surface area contributed by atoms with Crippen molar-refractivity contribution in [2.45, 2.75) is 0 Å². The van der Waals surface area contributed by atoms with Gasteiger partial charge in [-0.1, -0.05) is 77.3 Å². The molecule has 0 radical (unpaired) electrons. The summed E-state index contributed by atoms with van der Waals surface area (Å²) in [6, 6.07) is 23.0. The fraction of sp³-hybridized carbons (Fsp3) is 0. The van der Waals surface area contributed by atoms with E-state index < -0.39 is 17.9 Å². The summed E-state index contributed by atoms with van der Waals surface area (Å²) < 4.78 is 16.5. The van der Waals surface area contributed by atoms with Gasteiger partial charge in [0.25, 0.3) is 0 Å². The van der Waals surface area contributed by atoms with E-state index in [-0.39, 0.29) is 49.0 Å². The van der Waals surface area contributed by atoms with E-state index in [4.69, 9.17) is 49.0 Å². The Kier molecular flexibility index (Phi) is 7.90. The molecular formula is C27H15Cl3O6. The number of benzene rings is 4. The van der Waals surface area contributed by atoms with Gasteiger partial charge in [0, 0.05) is 0 Å². The molecule has 0 spiro atoms. The first-order valence-electron chi connectivity index (χ1n) is 10.4. The van der Waals surface area contributed by atoms with Crippen molar-refractivity contribution < 1.29 is 28.6 Å². The van der Waals surface area contributed by atoms with Gasteiger partial charge in [-0.15, -0.1) is 0 Å². The topological polar surface area (TPSA) is 78.9 Å². The first kappa shape index (κ1) is 25.3. The summed E-state index contributed by atoms with van der Waals surface area (Å²) in [5.74, 6) is -3.19. The maximum absolute atomic E-state index is 12.9. The van der Waals surface area contributed by atoms with Crippen LogP contribution in [0.5, 0.6) is 17.2 Å². The second-order valence-electron chi connectivity index (χ2n) is 7.19. The van der Waals surface area contributed by atoms with Crippen molar-refractivity contribution >= 4 is 52.7 Å².